The van der Waals surface area contributed by atoms with E-state index in [2.05, 4.69) is 15.9 Å². The predicted molar refractivity (Wildman–Crippen MR) is 51.8 cm³/mol. The number of hydrogen-bond donors (Lipinski definition) is 0. The van der Waals surface area contributed by atoms with Crippen molar-refractivity contribution in [3.8, 4) is 11.5 Å². The molecule has 1 aromatic carbocycles. The zero-order valence-electron chi connectivity index (χ0n) is 7.43. The number of methoxy groups -OCH3 is 1. The number of hydrogen-bond acceptors (Lipinski definition) is 2. The molecule has 0 aliphatic rings. The summed E-state index contributed by atoms with van der Waals surface area (Å²) in [5, 5.41) is 0. The average Bonchev–Trinajstić information content (AvgIpc) is 2.12. The third-order valence-corrected chi connectivity index (χ3v) is 2.15. The molecule has 0 atom stereocenters. The van der Waals surface area contributed by atoms with E-state index in [1.54, 1.807) is 19.1 Å². The Kier molecular flexibility index (Phi) is 3.54. The van der Waals surface area contributed by atoms with E-state index < -0.39 is 5.82 Å². The maximum absolute atomic E-state index is 13.4. The van der Waals surface area contributed by atoms with Crippen LogP contribution in [0.15, 0.2) is 16.6 Å². The van der Waals surface area contributed by atoms with Crippen molar-refractivity contribution in [3.05, 3.63) is 22.4 Å². The van der Waals surface area contributed by atoms with Crippen LogP contribution in [0.3, 0.4) is 0 Å². The highest BCUT2D eigenvalue weighted by Crippen LogP contribution is 2.33. The molecular formula is C9H10BrFO2. The van der Waals surface area contributed by atoms with Gasteiger partial charge >= 0.3 is 0 Å². The summed E-state index contributed by atoms with van der Waals surface area (Å²) in [5.74, 6) is -0.0905. The topological polar surface area (TPSA) is 18.5 Å². The summed E-state index contributed by atoms with van der Waals surface area (Å²) >= 11 is 3.19. The van der Waals surface area contributed by atoms with Gasteiger partial charge in [0.1, 0.15) is 0 Å². The predicted octanol–water partition coefficient (Wildman–Crippen LogP) is 3.00. The van der Waals surface area contributed by atoms with Crippen molar-refractivity contribution in [2.75, 3.05) is 13.7 Å². The summed E-state index contributed by atoms with van der Waals surface area (Å²) < 4.78 is 24.0. The quantitative estimate of drug-likeness (QED) is 0.819. The van der Waals surface area contributed by atoms with E-state index >= 15 is 0 Å². The van der Waals surface area contributed by atoms with Crippen molar-refractivity contribution in [1.29, 1.82) is 0 Å². The summed E-state index contributed by atoms with van der Waals surface area (Å²) in [4.78, 5) is 0. The van der Waals surface area contributed by atoms with Crippen LogP contribution in [0.5, 0.6) is 11.5 Å². The lowest BCUT2D eigenvalue weighted by Gasteiger charge is -2.09. The van der Waals surface area contributed by atoms with Crippen LogP contribution in [-0.2, 0) is 0 Å². The molecule has 0 spiro atoms. The Morgan fingerprint density at radius 2 is 2.15 bits per heavy atom. The number of rotatable bonds is 3. The second-order valence-electron chi connectivity index (χ2n) is 2.33. The maximum Gasteiger partial charge on any atom is 0.207 e. The first-order valence-corrected chi connectivity index (χ1v) is 4.64. The minimum absolute atomic E-state index is 0.187. The summed E-state index contributed by atoms with van der Waals surface area (Å²) in [6.45, 7) is 2.22. The lowest BCUT2D eigenvalue weighted by Crippen LogP contribution is -1.97. The van der Waals surface area contributed by atoms with Crippen molar-refractivity contribution in [2.24, 2.45) is 0 Å². The van der Waals surface area contributed by atoms with Crippen molar-refractivity contribution < 1.29 is 13.9 Å². The Morgan fingerprint density at radius 1 is 1.46 bits per heavy atom. The fourth-order valence-electron chi connectivity index (χ4n) is 0.949. The highest BCUT2D eigenvalue weighted by molar-refractivity contribution is 9.10. The lowest BCUT2D eigenvalue weighted by molar-refractivity contribution is 0.307. The third kappa shape index (κ3) is 2.12. The molecule has 0 heterocycles. The molecular weight excluding hydrogens is 239 g/mol. The van der Waals surface area contributed by atoms with Crippen LogP contribution in [0.25, 0.3) is 0 Å². The summed E-state index contributed by atoms with van der Waals surface area (Å²) in [6.07, 6.45) is 0. The van der Waals surface area contributed by atoms with Crippen LogP contribution < -0.4 is 9.47 Å². The summed E-state index contributed by atoms with van der Waals surface area (Å²) in [7, 11) is 1.42. The molecule has 1 rings (SSSR count). The number of benzene rings is 1. The van der Waals surface area contributed by atoms with Crippen molar-refractivity contribution in [3.63, 3.8) is 0 Å². The normalized spacial score (nSPS) is 9.85. The molecule has 0 aromatic heterocycles. The molecule has 2 nitrogen and oxygen atoms in total. The van der Waals surface area contributed by atoms with E-state index in [1.807, 2.05) is 0 Å². The first-order valence-electron chi connectivity index (χ1n) is 3.85. The van der Waals surface area contributed by atoms with Crippen LogP contribution in [0.4, 0.5) is 4.39 Å². The van der Waals surface area contributed by atoms with Gasteiger partial charge in [-0.15, -0.1) is 0 Å². The zero-order valence-corrected chi connectivity index (χ0v) is 9.02. The molecule has 0 bridgehead atoms. The molecule has 0 aliphatic heterocycles. The highest BCUT2D eigenvalue weighted by atomic mass is 79.9. The fraction of sp³-hybridized carbons (Fsp3) is 0.333. The molecule has 0 amide bonds. The van der Waals surface area contributed by atoms with E-state index in [0.29, 0.717) is 11.1 Å². The minimum atomic E-state index is -0.473. The monoisotopic (exact) mass is 248 g/mol. The van der Waals surface area contributed by atoms with Crippen LogP contribution in [0.1, 0.15) is 6.92 Å². The SMILES string of the molecule is CCOc1c(Br)ccc(OC)c1F. The second kappa shape index (κ2) is 4.46. The van der Waals surface area contributed by atoms with Gasteiger partial charge in [0.05, 0.1) is 18.2 Å². The Bertz CT molecular complexity index is 302. The zero-order chi connectivity index (χ0) is 9.84. The molecule has 0 saturated carbocycles. The minimum Gasteiger partial charge on any atom is -0.494 e. The van der Waals surface area contributed by atoms with E-state index in [0.717, 1.165) is 0 Å². The first-order chi connectivity index (χ1) is 6.20. The van der Waals surface area contributed by atoms with Crippen molar-refractivity contribution in [1.82, 2.24) is 0 Å². The Balaban J connectivity index is 3.13. The number of halogens is 2. The van der Waals surface area contributed by atoms with Gasteiger partial charge in [0.2, 0.25) is 5.82 Å². The van der Waals surface area contributed by atoms with Gasteiger partial charge in [-0.25, -0.2) is 0 Å². The molecule has 0 N–H and O–H groups in total. The fourth-order valence-corrected chi connectivity index (χ4v) is 1.37. The van der Waals surface area contributed by atoms with Gasteiger partial charge in [-0.1, -0.05) is 0 Å². The van der Waals surface area contributed by atoms with Crippen LogP contribution in [-0.4, -0.2) is 13.7 Å². The molecule has 0 radical (unpaired) electrons. The van der Waals surface area contributed by atoms with E-state index in [4.69, 9.17) is 9.47 Å². The maximum atomic E-state index is 13.4. The second-order valence-corrected chi connectivity index (χ2v) is 3.18. The molecule has 13 heavy (non-hydrogen) atoms. The average molecular weight is 249 g/mol. The molecule has 4 heteroatoms. The van der Waals surface area contributed by atoms with Crippen LogP contribution >= 0.6 is 15.9 Å². The van der Waals surface area contributed by atoms with Crippen molar-refractivity contribution >= 4 is 15.9 Å². The highest BCUT2D eigenvalue weighted by Gasteiger charge is 2.13. The third-order valence-electron chi connectivity index (χ3n) is 1.52. The number of ether oxygens (including phenoxy) is 2. The molecule has 0 saturated heterocycles. The van der Waals surface area contributed by atoms with Gasteiger partial charge in [0, 0.05) is 0 Å². The Morgan fingerprint density at radius 3 is 2.69 bits per heavy atom. The summed E-state index contributed by atoms with van der Waals surface area (Å²) in [6, 6.07) is 3.23. The van der Waals surface area contributed by atoms with Crippen molar-refractivity contribution in [2.45, 2.75) is 6.92 Å². The van der Waals surface area contributed by atoms with Gasteiger partial charge < -0.3 is 9.47 Å². The van der Waals surface area contributed by atoms with Gasteiger partial charge in [0.15, 0.2) is 11.5 Å². The van der Waals surface area contributed by atoms with Gasteiger partial charge in [-0.05, 0) is 35.0 Å². The lowest BCUT2D eigenvalue weighted by atomic mass is 10.3. The van der Waals surface area contributed by atoms with Gasteiger partial charge in [-0.3, -0.25) is 0 Å². The van der Waals surface area contributed by atoms with E-state index in [9.17, 15) is 4.39 Å². The molecule has 0 aliphatic carbocycles. The standard InChI is InChI=1S/C9H10BrFO2/c1-3-13-9-6(10)4-5-7(12-2)8(9)11/h4-5H,3H2,1-2H3. The van der Waals surface area contributed by atoms with Gasteiger partial charge in [0.25, 0.3) is 0 Å². The molecule has 1 aromatic rings. The van der Waals surface area contributed by atoms with Crippen LogP contribution in [0.2, 0.25) is 0 Å². The Hall–Kier alpha value is -0.770. The van der Waals surface area contributed by atoms with E-state index in [-0.39, 0.29) is 11.5 Å². The smallest absolute Gasteiger partial charge is 0.207 e. The molecule has 0 fully saturated rings. The van der Waals surface area contributed by atoms with E-state index in [1.165, 1.54) is 7.11 Å². The molecule has 72 valence electrons. The van der Waals surface area contributed by atoms with Crippen LogP contribution in [0, 0.1) is 5.82 Å². The Labute approximate surface area is 84.8 Å². The summed E-state index contributed by atoms with van der Waals surface area (Å²) in [5.41, 5.74) is 0. The first kappa shape index (κ1) is 10.3. The largest absolute Gasteiger partial charge is 0.494 e. The molecule has 0 unspecified atom stereocenters. The van der Waals surface area contributed by atoms with Gasteiger partial charge in [-0.2, -0.15) is 4.39 Å².